The van der Waals surface area contributed by atoms with Gasteiger partial charge < -0.3 is 18.9 Å². The number of likely N-dealkylation sites (N-methyl/N-ethyl adjacent to an activating group) is 1. The minimum atomic E-state index is -4.36. The predicted molar refractivity (Wildman–Crippen MR) is 225 cm³/mol. The lowest BCUT2D eigenvalue weighted by Gasteiger charge is -2.24. The summed E-state index contributed by atoms with van der Waals surface area (Å²) in [5.74, 6) is -0.789. The number of rotatable bonds is 42. The Bertz CT molecular complexity index is 896. The van der Waals surface area contributed by atoms with Crippen LogP contribution < -0.4 is 0 Å². The van der Waals surface area contributed by atoms with Gasteiger partial charge >= 0.3 is 19.8 Å². The Morgan fingerprint density at radius 2 is 0.833 bits per heavy atom. The third-order valence-electron chi connectivity index (χ3n) is 10.1. The van der Waals surface area contributed by atoms with Gasteiger partial charge in [0.15, 0.2) is 6.10 Å². The molecule has 0 rings (SSSR count). The number of unbranched alkanes of at least 4 members (excludes halogenated alkanes) is 28. The molecule has 0 heterocycles. The van der Waals surface area contributed by atoms with E-state index >= 15 is 0 Å². The number of hydrogen-bond donors (Lipinski definition) is 1. The van der Waals surface area contributed by atoms with Crippen molar-refractivity contribution >= 4 is 19.8 Å². The molecule has 1 unspecified atom stereocenters. The van der Waals surface area contributed by atoms with E-state index in [1.165, 1.54) is 154 Å². The van der Waals surface area contributed by atoms with Crippen molar-refractivity contribution in [2.24, 2.45) is 0 Å². The summed E-state index contributed by atoms with van der Waals surface area (Å²) >= 11 is 0. The first-order valence-corrected chi connectivity index (χ1v) is 24.3. The Morgan fingerprint density at radius 1 is 0.500 bits per heavy atom. The van der Waals surface area contributed by atoms with E-state index in [0.717, 1.165) is 38.5 Å². The summed E-state index contributed by atoms with van der Waals surface area (Å²) in [6.45, 7) is 4.42. The van der Waals surface area contributed by atoms with Gasteiger partial charge in [0.1, 0.15) is 19.8 Å². The Labute approximate surface area is 334 Å². The molecule has 1 N–H and O–H groups in total. The maximum absolute atomic E-state index is 12.7. The van der Waals surface area contributed by atoms with Crippen LogP contribution in [0.2, 0.25) is 0 Å². The average Bonchev–Trinajstić information content (AvgIpc) is 3.12. The third kappa shape index (κ3) is 40.7. The fourth-order valence-electron chi connectivity index (χ4n) is 6.54. The largest absolute Gasteiger partial charge is 0.472 e. The van der Waals surface area contributed by atoms with Crippen LogP contribution in [0.3, 0.4) is 0 Å². The molecule has 0 fully saturated rings. The maximum atomic E-state index is 12.7. The first-order valence-electron chi connectivity index (χ1n) is 22.8. The van der Waals surface area contributed by atoms with Gasteiger partial charge in [-0.1, -0.05) is 194 Å². The number of nitrogens with zero attached hydrogens (tertiary/aromatic N) is 1. The van der Waals surface area contributed by atoms with E-state index in [2.05, 4.69) is 13.8 Å². The Morgan fingerprint density at radius 3 is 1.19 bits per heavy atom. The number of carbonyl (C=O) groups excluding carboxylic acids is 2. The van der Waals surface area contributed by atoms with Crippen molar-refractivity contribution in [1.82, 2.24) is 0 Å². The van der Waals surface area contributed by atoms with Gasteiger partial charge in [-0.3, -0.25) is 18.6 Å². The predicted octanol–water partition coefficient (Wildman–Crippen LogP) is 12.8. The number of quaternary nitrogens is 1. The Hall–Kier alpha value is -0.990. The number of hydrogen-bond acceptors (Lipinski definition) is 7. The monoisotopic (exact) mass is 791 g/mol. The van der Waals surface area contributed by atoms with E-state index in [1.807, 2.05) is 21.1 Å². The van der Waals surface area contributed by atoms with Gasteiger partial charge in [0, 0.05) is 12.8 Å². The van der Waals surface area contributed by atoms with Gasteiger partial charge in [-0.2, -0.15) is 0 Å². The van der Waals surface area contributed by atoms with Crippen molar-refractivity contribution in [3.8, 4) is 0 Å². The highest BCUT2D eigenvalue weighted by atomic mass is 31.2. The molecule has 10 heteroatoms. The van der Waals surface area contributed by atoms with E-state index in [1.54, 1.807) is 0 Å². The van der Waals surface area contributed by atoms with Gasteiger partial charge in [-0.25, -0.2) is 4.57 Å². The quantitative estimate of drug-likeness (QED) is 0.0282. The summed E-state index contributed by atoms with van der Waals surface area (Å²) in [4.78, 5) is 35.2. The minimum absolute atomic E-state index is 0.0365. The molecule has 0 aliphatic carbocycles. The lowest BCUT2D eigenvalue weighted by molar-refractivity contribution is -0.870. The second-order valence-electron chi connectivity index (χ2n) is 16.8. The fourth-order valence-corrected chi connectivity index (χ4v) is 7.29. The first-order chi connectivity index (χ1) is 26.0. The van der Waals surface area contributed by atoms with Gasteiger partial charge in [-0.05, 0) is 12.8 Å². The highest BCUT2D eigenvalue weighted by molar-refractivity contribution is 7.47. The first kappa shape index (κ1) is 53.0. The van der Waals surface area contributed by atoms with Crippen molar-refractivity contribution in [2.45, 2.75) is 225 Å². The summed E-state index contributed by atoms with van der Waals surface area (Å²) in [6, 6.07) is 0. The fraction of sp³-hybridized carbons (Fsp3) is 0.955. The second kappa shape index (κ2) is 37.6. The molecule has 0 amide bonds. The normalized spacial score (nSPS) is 13.5. The molecule has 0 spiro atoms. The molecule has 0 aromatic carbocycles. The lowest BCUT2D eigenvalue weighted by Crippen LogP contribution is -2.37. The van der Waals surface area contributed by atoms with E-state index in [4.69, 9.17) is 18.5 Å². The minimum Gasteiger partial charge on any atom is -0.462 e. The smallest absolute Gasteiger partial charge is 0.462 e. The van der Waals surface area contributed by atoms with Crippen LogP contribution in [0.1, 0.15) is 219 Å². The van der Waals surface area contributed by atoms with Crippen molar-refractivity contribution in [2.75, 3.05) is 47.5 Å². The molecule has 9 nitrogen and oxygen atoms in total. The van der Waals surface area contributed by atoms with Gasteiger partial charge in [0.05, 0.1) is 27.7 Å². The summed E-state index contributed by atoms with van der Waals surface area (Å²) < 4.78 is 34.2. The molecule has 0 aliphatic heterocycles. The highest BCUT2D eigenvalue weighted by Gasteiger charge is 2.27. The zero-order valence-electron chi connectivity index (χ0n) is 36.2. The molecule has 0 aromatic heterocycles. The average molecular weight is 791 g/mol. The van der Waals surface area contributed by atoms with Gasteiger partial charge in [0.2, 0.25) is 0 Å². The molecule has 2 atom stereocenters. The lowest BCUT2D eigenvalue weighted by atomic mass is 10.0. The Kier molecular flexibility index (Phi) is 36.9. The van der Waals surface area contributed by atoms with Crippen molar-refractivity contribution in [3.05, 3.63) is 0 Å². The standard InChI is InChI=1S/C44H88NO8P/c1-6-8-10-12-14-16-17-18-19-20-21-22-23-24-25-26-27-28-29-31-33-35-37-44(47)53-42(41-52-54(48,49)51-39-38-45(3,4)5)40-50-43(46)36-34-32-30-15-13-11-9-7-2/h42H,6-41H2,1-5H3/p+1/t42-/m1/s1. The third-order valence-corrected chi connectivity index (χ3v) is 11.1. The number of esters is 2. The van der Waals surface area contributed by atoms with Crippen molar-refractivity contribution in [3.63, 3.8) is 0 Å². The highest BCUT2D eigenvalue weighted by Crippen LogP contribution is 2.43. The number of carbonyl (C=O) groups is 2. The zero-order valence-corrected chi connectivity index (χ0v) is 37.1. The summed E-state index contributed by atoms with van der Waals surface area (Å²) in [5.41, 5.74) is 0. The van der Waals surface area contributed by atoms with E-state index in [0.29, 0.717) is 17.4 Å². The molecule has 54 heavy (non-hydrogen) atoms. The van der Waals surface area contributed by atoms with Crippen LogP contribution in [0.4, 0.5) is 0 Å². The van der Waals surface area contributed by atoms with Crippen LogP contribution in [0, 0.1) is 0 Å². The topological polar surface area (TPSA) is 108 Å². The van der Waals surface area contributed by atoms with Crippen LogP contribution in [0.5, 0.6) is 0 Å². The van der Waals surface area contributed by atoms with Crippen LogP contribution in [-0.2, 0) is 32.7 Å². The van der Waals surface area contributed by atoms with Crippen LogP contribution in [0.25, 0.3) is 0 Å². The molecule has 0 saturated carbocycles. The molecule has 0 bridgehead atoms. The second-order valence-corrected chi connectivity index (χ2v) is 18.3. The van der Waals surface area contributed by atoms with Gasteiger partial charge in [0.25, 0.3) is 0 Å². The summed E-state index contributed by atoms with van der Waals surface area (Å²) in [5, 5.41) is 0. The summed E-state index contributed by atoms with van der Waals surface area (Å²) in [7, 11) is 1.49. The number of phosphoric ester groups is 1. The Balaban J connectivity index is 4.13. The number of ether oxygens (including phenoxy) is 2. The zero-order chi connectivity index (χ0) is 40.0. The molecular weight excluding hydrogens is 701 g/mol. The van der Waals surface area contributed by atoms with Crippen LogP contribution in [-0.4, -0.2) is 74.9 Å². The van der Waals surface area contributed by atoms with Crippen molar-refractivity contribution < 1.29 is 42.1 Å². The van der Waals surface area contributed by atoms with E-state index in [-0.39, 0.29) is 25.6 Å². The van der Waals surface area contributed by atoms with Gasteiger partial charge in [-0.15, -0.1) is 0 Å². The summed E-state index contributed by atoms with van der Waals surface area (Å²) in [6.07, 6.45) is 37.4. The number of phosphoric acid groups is 1. The molecule has 0 radical (unpaired) electrons. The van der Waals surface area contributed by atoms with E-state index < -0.39 is 26.5 Å². The van der Waals surface area contributed by atoms with Crippen LogP contribution >= 0.6 is 7.82 Å². The molecular formula is C44H89NO8P+. The maximum Gasteiger partial charge on any atom is 0.472 e. The van der Waals surface area contributed by atoms with Crippen molar-refractivity contribution in [1.29, 1.82) is 0 Å². The van der Waals surface area contributed by atoms with E-state index in [9.17, 15) is 19.0 Å². The molecule has 0 aliphatic rings. The molecule has 322 valence electrons. The SMILES string of the molecule is CCCCCCCCCCCCCCCCCCCCCCCCC(=O)O[C@H](COC(=O)CCCCCCCCCC)COP(=O)(O)OCC[N+](C)(C)C. The van der Waals surface area contributed by atoms with Crippen LogP contribution in [0.15, 0.2) is 0 Å². The molecule has 0 aromatic rings. The molecule has 0 saturated heterocycles.